The highest BCUT2D eigenvalue weighted by molar-refractivity contribution is 7.89. The van der Waals surface area contributed by atoms with E-state index in [0.29, 0.717) is 25.3 Å². The van der Waals surface area contributed by atoms with Crippen LogP contribution < -0.4 is 10.5 Å². The Hall–Kier alpha value is -0.530. The summed E-state index contributed by atoms with van der Waals surface area (Å²) in [6.45, 7) is 0.686. The largest absolute Gasteiger partial charge is 0.495 e. The number of sulfonamides is 1. The number of rotatable bonds is 3. The minimum Gasteiger partial charge on any atom is -0.495 e. The summed E-state index contributed by atoms with van der Waals surface area (Å²) in [5.74, 6) is 0.337. The molecule has 1 atom stereocenters. The molecule has 0 amide bonds. The van der Waals surface area contributed by atoms with Crippen molar-refractivity contribution in [3.8, 4) is 5.75 Å². The molecule has 2 N–H and O–H groups in total. The van der Waals surface area contributed by atoms with E-state index in [4.69, 9.17) is 33.7 Å². The van der Waals surface area contributed by atoms with Crippen molar-refractivity contribution >= 4 is 33.2 Å². The molecular weight excluding hydrogens is 311 g/mol. The summed E-state index contributed by atoms with van der Waals surface area (Å²) in [4.78, 5) is -0.0194. The Labute approximate surface area is 122 Å². The molecule has 0 radical (unpaired) electrons. The molecule has 0 bridgehead atoms. The van der Waals surface area contributed by atoms with Crippen LogP contribution in [0, 0.1) is 0 Å². The van der Waals surface area contributed by atoms with Gasteiger partial charge in [0.05, 0.1) is 17.2 Å². The summed E-state index contributed by atoms with van der Waals surface area (Å²) < 4.78 is 31.2. The zero-order valence-electron chi connectivity index (χ0n) is 10.3. The van der Waals surface area contributed by atoms with Gasteiger partial charge in [0.25, 0.3) is 0 Å². The second-order valence-electron chi connectivity index (χ2n) is 4.33. The molecule has 0 unspecified atom stereocenters. The second kappa shape index (κ2) is 5.46. The lowest BCUT2D eigenvalue weighted by Crippen LogP contribution is -2.32. The Morgan fingerprint density at radius 2 is 2.05 bits per heavy atom. The first kappa shape index (κ1) is 14.9. The lowest BCUT2D eigenvalue weighted by molar-refractivity contribution is 0.414. The van der Waals surface area contributed by atoms with Gasteiger partial charge in [0.2, 0.25) is 10.0 Å². The molecule has 1 aliphatic rings. The van der Waals surface area contributed by atoms with Crippen molar-refractivity contribution in [3.05, 3.63) is 22.2 Å². The van der Waals surface area contributed by atoms with Crippen LogP contribution in [0.15, 0.2) is 17.0 Å². The maximum atomic E-state index is 12.4. The summed E-state index contributed by atoms with van der Waals surface area (Å²) >= 11 is 12.0. The van der Waals surface area contributed by atoms with E-state index in [9.17, 15) is 8.42 Å². The van der Waals surface area contributed by atoms with E-state index in [1.54, 1.807) is 0 Å². The van der Waals surface area contributed by atoms with Crippen LogP contribution in [-0.2, 0) is 10.0 Å². The first-order valence-electron chi connectivity index (χ1n) is 5.65. The minimum absolute atomic E-state index is 0.0194. The van der Waals surface area contributed by atoms with Crippen LogP contribution in [0.25, 0.3) is 0 Å². The molecular formula is C11H14Cl2N2O3S. The number of halogens is 2. The normalized spacial score (nSPS) is 20.7. The van der Waals surface area contributed by atoms with Crippen molar-refractivity contribution < 1.29 is 13.2 Å². The summed E-state index contributed by atoms with van der Waals surface area (Å²) in [5.41, 5.74) is 5.73. The van der Waals surface area contributed by atoms with Crippen molar-refractivity contribution in [2.24, 2.45) is 5.73 Å². The molecule has 0 aromatic heterocycles. The predicted molar refractivity (Wildman–Crippen MR) is 74.4 cm³/mol. The molecule has 0 aliphatic carbocycles. The van der Waals surface area contributed by atoms with Gasteiger partial charge in [0.1, 0.15) is 10.6 Å². The van der Waals surface area contributed by atoms with Crippen LogP contribution in [0.3, 0.4) is 0 Å². The molecule has 1 aliphatic heterocycles. The molecule has 1 heterocycles. The number of hydrogen-bond acceptors (Lipinski definition) is 4. The molecule has 1 aromatic rings. The fourth-order valence-electron chi connectivity index (χ4n) is 1.98. The maximum absolute atomic E-state index is 12.4. The van der Waals surface area contributed by atoms with Crippen LogP contribution in [0.1, 0.15) is 6.42 Å². The van der Waals surface area contributed by atoms with Gasteiger partial charge in [0, 0.05) is 25.2 Å². The highest BCUT2D eigenvalue weighted by Crippen LogP contribution is 2.35. The highest BCUT2D eigenvalue weighted by Gasteiger charge is 2.32. The van der Waals surface area contributed by atoms with Gasteiger partial charge in [-0.25, -0.2) is 8.42 Å². The molecule has 5 nitrogen and oxygen atoms in total. The van der Waals surface area contributed by atoms with Gasteiger partial charge in [-0.3, -0.25) is 0 Å². The fourth-order valence-corrected chi connectivity index (χ4v) is 4.31. The molecule has 8 heteroatoms. The highest BCUT2D eigenvalue weighted by atomic mass is 35.5. The van der Waals surface area contributed by atoms with Crippen molar-refractivity contribution in [1.29, 1.82) is 0 Å². The summed E-state index contributed by atoms with van der Waals surface area (Å²) in [6.07, 6.45) is 0.640. The van der Waals surface area contributed by atoms with Crippen molar-refractivity contribution in [3.63, 3.8) is 0 Å². The number of ether oxygens (including phenoxy) is 1. The first-order chi connectivity index (χ1) is 8.86. The monoisotopic (exact) mass is 324 g/mol. The Kier molecular flexibility index (Phi) is 4.27. The lowest BCUT2D eigenvalue weighted by Gasteiger charge is -2.17. The van der Waals surface area contributed by atoms with Gasteiger partial charge in [0.15, 0.2) is 0 Å². The van der Waals surface area contributed by atoms with Gasteiger partial charge >= 0.3 is 0 Å². The van der Waals surface area contributed by atoms with Crippen LogP contribution in [-0.4, -0.2) is 39.0 Å². The number of benzene rings is 1. The fraction of sp³-hybridized carbons (Fsp3) is 0.455. The second-order valence-corrected chi connectivity index (χ2v) is 7.05. The number of nitrogens with zero attached hydrogens (tertiary/aromatic N) is 1. The van der Waals surface area contributed by atoms with Gasteiger partial charge in [-0.2, -0.15) is 4.31 Å². The van der Waals surface area contributed by atoms with E-state index in [1.165, 1.54) is 23.5 Å². The molecule has 1 fully saturated rings. The van der Waals surface area contributed by atoms with Crippen molar-refractivity contribution in [2.75, 3.05) is 20.2 Å². The Morgan fingerprint density at radius 1 is 1.37 bits per heavy atom. The standard InChI is InChI=1S/C11H14Cl2N2O3S/c1-18-10-4-9(13)11(5-8(10)12)19(16,17)15-3-2-7(14)6-15/h4-5,7H,2-3,6,14H2,1H3/t7-/m0/s1. The number of nitrogens with two attached hydrogens (primary N) is 1. The van der Waals surface area contributed by atoms with Gasteiger partial charge in [-0.1, -0.05) is 23.2 Å². The quantitative estimate of drug-likeness (QED) is 0.918. The van der Waals surface area contributed by atoms with E-state index in [0.717, 1.165) is 0 Å². The summed E-state index contributed by atoms with van der Waals surface area (Å²) in [5, 5.41) is 0.288. The van der Waals surface area contributed by atoms with Crippen molar-refractivity contribution in [1.82, 2.24) is 4.31 Å². The van der Waals surface area contributed by atoms with E-state index < -0.39 is 10.0 Å². The lowest BCUT2D eigenvalue weighted by atomic mass is 10.3. The van der Waals surface area contributed by atoms with E-state index in [1.807, 2.05) is 0 Å². The first-order valence-corrected chi connectivity index (χ1v) is 7.84. The molecule has 19 heavy (non-hydrogen) atoms. The van der Waals surface area contributed by atoms with Crippen LogP contribution >= 0.6 is 23.2 Å². The van der Waals surface area contributed by atoms with E-state index >= 15 is 0 Å². The van der Waals surface area contributed by atoms with Crippen LogP contribution in [0.5, 0.6) is 5.75 Å². The maximum Gasteiger partial charge on any atom is 0.244 e. The summed E-state index contributed by atoms with van der Waals surface area (Å²) in [7, 11) is -2.23. The van der Waals surface area contributed by atoms with Gasteiger partial charge in [-0.15, -0.1) is 0 Å². The third-order valence-corrected chi connectivity index (χ3v) is 5.64. The molecule has 2 rings (SSSR count). The number of hydrogen-bond donors (Lipinski definition) is 1. The molecule has 1 saturated heterocycles. The van der Waals surface area contributed by atoms with Gasteiger partial charge in [-0.05, 0) is 12.5 Å². The average Bonchev–Trinajstić information content (AvgIpc) is 2.79. The number of methoxy groups -OCH3 is 1. The molecule has 106 valence electrons. The van der Waals surface area contributed by atoms with Crippen LogP contribution in [0.4, 0.5) is 0 Å². The average molecular weight is 325 g/mol. The van der Waals surface area contributed by atoms with Crippen LogP contribution in [0.2, 0.25) is 10.0 Å². The third-order valence-electron chi connectivity index (χ3n) is 3.01. The Balaban J connectivity index is 2.44. The van der Waals surface area contributed by atoms with Crippen molar-refractivity contribution in [2.45, 2.75) is 17.4 Å². The SMILES string of the molecule is COc1cc(Cl)c(S(=O)(=O)N2CC[C@H](N)C2)cc1Cl. The smallest absolute Gasteiger partial charge is 0.244 e. The third kappa shape index (κ3) is 2.83. The van der Waals surface area contributed by atoms with E-state index in [2.05, 4.69) is 0 Å². The topological polar surface area (TPSA) is 72.6 Å². The molecule has 0 spiro atoms. The molecule has 0 saturated carbocycles. The zero-order chi connectivity index (χ0) is 14.2. The molecule has 1 aromatic carbocycles. The zero-order valence-corrected chi connectivity index (χ0v) is 12.6. The Morgan fingerprint density at radius 3 is 2.58 bits per heavy atom. The minimum atomic E-state index is -3.67. The summed E-state index contributed by atoms with van der Waals surface area (Å²) in [6, 6.07) is 2.57. The predicted octanol–water partition coefficient (Wildman–Crippen LogP) is 1.72. The Bertz CT molecular complexity index is 592. The van der Waals surface area contributed by atoms with E-state index in [-0.39, 0.29) is 21.0 Å². The van der Waals surface area contributed by atoms with Gasteiger partial charge < -0.3 is 10.5 Å².